The molecule has 2 aromatic rings. The second-order valence-electron chi connectivity index (χ2n) is 6.92. The zero-order valence-electron chi connectivity index (χ0n) is 14.6. The third-order valence-electron chi connectivity index (χ3n) is 5.12. The predicted octanol–water partition coefficient (Wildman–Crippen LogP) is 3.65. The van der Waals surface area contributed by atoms with Crippen molar-refractivity contribution in [2.45, 2.75) is 25.2 Å². The average molecular weight is 355 g/mol. The number of carboxylic acid groups (broad SMARTS) is 1. The minimum Gasteiger partial charge on any atom is -0.481 e. The van der Waals surface area contributed by atoms with E-state index < -0.39 is 11.9 Å². The summed E-state index contributed by atoms with van der Waals surface area (Å²) in [6.45, 7) is 2.49. The fourth-order valence-electron chi connectivity index (χ4n) is 3.62. The molecule has 0 aliphatic carbocycles. The predicted molar refractivity (Wildman–Crippen MR) is 96.3 cm³/mol. The number of hydrogen-bond donors (Lipinski definition) is 1. The van der Waals surface area contributed by atoms with E-state index in [1.807, 2.05) is 37.3 Å². The number of carbonyl (C=O) groups is 2. The quantitative estimate of drug-likeness (QED) is 0.891. The van der Waals surface area contributed by atoms with Gasteiger partial charge in [-0.25, -0.2) is 4.39 Å². The summed E-state index contributed by atoms with van der Waals surface area (Å²) in [6, 6.07) is 15.7. The Bertz CT molecular complexity index is 793. The van der Waals surface area contributed by atoms with Crippen molar-refractivity contribution in [3.63, 3.8) is 0 Å². The van der Waals surface area contributed by atoms with Crippen molar-refractivity contribution in [3.05, 3.63) is 71.5 Å². The van der Waals surface area contributed by atoms with Crippen LogP contribution in [-0.2, 0) is 9.59 Å². The van der Waals surface area contributed by atoms with Gasteiger partial charge in [0.2, 0.25) is 5.91 Å². The fourth-order valence-corrected chi connectivity index (χ4v) is 3.62. The molecule has 3 atom stereocenters. The lowest BCUT2D eigenvalue weighted by Crippen LogP contribution is -2.30. The molecule has 1 amide bonds. The monoisotopic (exact) mass is 355 g/mol. The van der Waals surface area contributed by atoms with E-state index in [4.69, 9.17) is 0 Å². The van der Waals surface area contributed by atoms with Crippen molar-refractivity contribution >= 4 is 11.9 Å². The lowest BCUT2D eigenvalue weighted by Gasteiger charge is -2.19. The summed E-state index contributed by atoms with van der Waals surface area (Å²) < 4.78 is 13.4. The molecule has 3 unspecified atom stereocenters. The Labute approximate surface area is 152 Å². The first-order valence-electron chi connectivity index (χ1n) is 8.76. The van der Waals surface area contributed by atoms with Gasteiger partial charge in [0.05, 0.1) is 5.92 Å². The Kier molecular flexibility index (Phi) is 5.35. The SMILES string of the molecule is CC(CC(=O)N1CC(C(=O)O)C(c2ccccc2)C1)c1cccc(F)c1. The average Bonchev–Trinajstić information content (AvgIpc) is 3.08. The number of halogens is 1. The molecule has 1 fully saturated rings. The Morgan fingerprint density at radius 2 is 1.88 bits per heavy atom. The highest BCUT2D eigenvalue weighted by Crippen LogP contribution is 2.34. The van der Waals surface area contributed by atoms with Gasteiger partial charge in [-0.15, -0.1) is 0 Å². The van der Waals surface area contributed by atoms with Crippen LogP contribution in [-0.4, -0.2) is 35.0 Å². The first-order valence-corrected chi connectivity index (χ1v) is 8.76. The highest BCUT2D eigenvalue weighted by atomic mass is 19.1. The molecule has 1 N–H and O–H groups in total. The first-order chi connectivity index (χ1) is 12.5. The van der Waals surface area contributed by atoms with E-state index in [1.165, 1.54) is 12.1 Å². The van der Waals surface area contributed by atoms with Crippen LogP contribution >= 0.6 is 0 Å². The molecule has 5 heteroatoms. The van der Waals surface area contributed by atoms with Crippen LogP contribution in [0.4, 0.5) is 4.39 Å². The number of carbonyl (C=O) groups excluding carboxylic acids is 1. The first kappa shape index (κ1) is 18.1. The molecular formula is C21H22FNO3. The Hall–Kier alpha value is -2.69. The number of hydrogen-bond acceptors (Lipinski definition) is 2. The summed E-state index contributed by atoms with van der Waals surface area (Å²) in [7, 11) is 0. The maximum atomic E-state index is 13.4. The normalized spacial score (nSPS) is 20.8. The van der Waals surface area contributed by atoms with Crippen LogP contribution in [0.25, 0.3) is 0 Å². The van der Waals surface area contributed by atoms with Crippen molar-refractivity contribution in [2.75, 3.05) is 13.1 Å². The van der Waals surface area contributed by atoms with Gasteiger partial charge in [0, 0.05) is 25.4 Å². The summed E-state index contributed by atoms with van der Waals surface area (Å²) in [5, 5.41) is 9.56. The van der Waals surface area contributed by atoms with Crippen molar-refractivity contribution in [1.29, 1.82) is 0 Å². The van der Waals surface area contributed by atoms with E-state index in [0.717, 1.165) is 11.1 Å². The van der Waals surface area contributed by atoms with Crippen LogP contribution in [0.1, 0.15) is 36.3 Å². The smallest absolute Gasteiger partial charge is 0.308 e. The summed E-state index contributed by atoms with van der Waals surface area (Å²) in [5.74, 6) is -2.23. The number of aliphatic carboxylic acids is 1. The van der Waals surface area contributed by atoms with Gasteiger partial charge in [-0.3, -0.25) is 9.59 Å². The van der Waals surface area contributed by atoms with Gasteiger partial charge in [0.15, 0.2) is 0 Å². The molecule has 136 valence electrons. The largest absolute Gasteiger partial charge is 0.481 e. The Morgan fingerprint density at radius 1 is 1.15 bits per heavy atom. The van der Waals surface area contributed by atoms with Crippen LogP contribution < -0.4 is 0 Å². The minimum absolute atomic E-state index is 0.0913. The van der Waals surface area contributed by atoms with Crippen LogP contribution in [0.3, 0.4) is 0 Å². The van der Waals surface area contributed by atoms with Gasteiger partial charge in [-0.05, 0) is 29.2 Å². The van der Waals surface area contributed by atoms with Crippen molar-refractivity contribution in [1.82, 2.24) is 4.90 Å². The van der Waals surface area contributed by atoms with Gasteiger partial charge in [-0.2, -0.15) is 0 Å². The highest BCUT2D eigenvalue weighted by Gasteiger charge is 2.40. The maximum absolute atomic E-state index is 13.4. The van der Waals surface area contributed by atoms with Crippen LogP contribution in [0.5, 0.6) is 0 Å². The zero-order chi connectivity index (χ0) is 18.7. The van der Waals surface area contributed by atoms with E-state index in [1.54, 1.807) is 17.0 Å². The van der Waals surface area contributed by atoms with Crippen molar-refractivity contribution in [3.8, 4) is 0 Å². The molecule has 0 radical (unpaired) electrons. The molecule has 3 rings (SSSR count). The molecule has 0 spiro atoms. The summed E-state index contributed by atoms with van der Waals surface area (Å²) in [5.41, 5.74) is 1.71. The number of benzene rings is 2. The van der Waals surface area contributed by atoms with Crippen LogP contribution in [0, 0.1) is 11.7 Å². The van der Waals surface area contributed by atoms with E-state index in [-0.39, 0.29) is 36.5 Å². The Morgan fingerprint density at radius 3 is 2.54 bits per heavy atom. The lowest BCUT2D eigenvalue weighted by molar-refractivity contribution is -0.141. The molecule has 26 heavy (non-hydrogen) atoms. The molecule has 1 aliphatic heterocycles. The molecule has 0 bridgehead atoms. The summed E-state index contributed by atoms with van der Waals surface area (Å²) in [6.07, 6.45) is 0.233. The van der Waals surface area contributed by atoms with Crippen LogP contribution in [0.2, 0.25) is 0 Å². The third kappa shape index (κ3) is 3.93. The standard InChI is InChI=1S/C21H22FNO3/c1-14(16-8-5-9-17(22)11-16)10-20(24)23-12-18(19(13-23)21(25)26)15-6-3-2-4-7-15/h2-9,11,14,18-19H,10,12-13H2,1H3,(H,25,26). The van der Waals surface area contributed by atoms with Crippen molar-refractivity contribution in [2.24, 2.45) is 5.92 Å². The molecule has 2 aromatic carbocycles. The lowest BCUT2D eigenvalue weighted by atomic mass is 9.89. The fraction of sp³-hybridized carbons (Fsp3) is 0.333. The molecule has 1 saturated heterocycles. The second kappa shape index (κ2) is 7.68. The number of rotatable bonds is 5. The minimum atomic E-state index is -0.882. The van der Waals surface area contributed by atoms with E-state index in [9.17, 15) is 19.1 Å². The van der Waals surface area contributed by atoms with Gasteiger partial charge >= 0.3 is 5.97 Å². The number of carboxylic acids is 1. The second-order valence-corrected chi connectivity index (χ2v) is 6.92. The highest BCUT2D eigenvalue weighted by molar-refractivity contribution is 5.80. The summed E-state index contributed by atoms with van der Waals surface area (Å²) in [4.78, 5) is 26.0. The van der Waals surface area contributed by atoms with Crippen LogP contribution in [0.15, 0.2) is 54.6 Å². The molecule has 1 heterocycles. The maximum Gasteiger partial charge on any atom is 0.308 e. The molecule has 4 nitrogen and oxygen atoms in total. The van der Waals surface area contributed by atoms with Gasteiger partial charge in [0.1, 0.15) is 5.82 Å². The van der Waals surface area contributed by atoms with Gasteiger partial charge < -0.3 is 10.0 Å². The molecular weight excluding hydrogens is 333 g/mol. The van der Waals surface area contributed by atoms with E-state index in [2.05, 4.69) is 0 Å². The number of nitrogens with zero attached hydrogens (tertiary/aromatic N) is 1. The zero-order valence-corrected chi connectivity index (χ0v) is 14.6. The summed E-state index contributed by atoms with van der Waals surface area (Å²) >= 11 is 0. The van der Waals surface area contributed by atoms with E-state index in [0.29, 0.717) is 6.54 Å². The topological polar surface area (TPSA) is 57.6 Å². The van der Waals surface area contributed by atoms with Gasteiger partial charge in [-0.1, -0.05) is 49.4 Å². The molecule has 1 aliphatic rings. The van der Waals surface area contributed by atoms with Crippen molar-refractivity contribution < 1.29 is 19.1 Å². The molecule has 0 saturated carbocycles. The number of likely N-dealkylation sites (tertiary alicyclic amines) is 1. The molecule has 0 aromatic heterocycles. The Balaban J connectivity index is 1.71. The van der Waals surface area contributed by atoms with Gasteiger partial charge in [0.25, 0.3) is 0 Å². The third-order valence-corrected chi connectivity index (χ3v) is 5.12. The number of amides is 1. The van der Waals surface area contributed by atoms with E-state index >= 15 is 0 Å².